The Balaban J connectivity index is 1.57. The van der Waals surface area contributed by atoms with E-state index in [4.69, 9.17) is 14.2 Å². The average molecular weight is 391 g/mol. The summed E-state index contributed by atoms with van der Waals surface area (Å²) in [6.07, 6.45) is 0. The van der Waals surface area contributed by atoms with Crippen molar-refractivity contribution < 1.29 is 19.0 Å². The Bertz CT molecular complexity index is 939. The molecule has 0 aliphatic rings. The molecule has 5 heteroatoms. The number of hydrogen-bond acceptors (Lipinski definition) is 4. The van der Waals surface area contributed by atoms with Gasteiger partial charge in [-0.1, -0.05) is 42.5 Å². The van der Waals surface area contributed by atoms with Gasteiger partial charge in [0, 0.05) is 5.56 Å². The van der Waals surface area contributed by atoms with Crippen LogP contribution in [0.4, 0.5) is 0 Å². The van der Waals surface area contributed by atoms with Gasteiger partial charge in [-0.05, 0) is 48.4 Å². The third kappa shape index (κ3) is 5.29. The molecule has 3 aromatic rings. The number of rotatable bonds is 8. The SMILES string of the molecule is COc1ccc(OC)c([C@H](C)NC(=O)COc2ccc(-c3ccccc3)cc2)c1. The van der Waals surface area contributed by atoms with Crippen LogP contribution in [-0.4, -0.2) is 26.7 Å². The van der Waals surface area contributed by atoms with Crippen LogP contribution in [0, 0.1) is 0 Å². The fourth-order valence-electron chi connectivity index (χ4n) is 3.06. The Morgan fingerprint density at radius 1 is 0.862 bits per heavy atom. The summed E-state index contributed by atoms with van der Waals surface area (Å²) in [5.74, 6) is 1.83. The van der Waals surface area contributed by atoms with Crippen molar-refractivity contribution in [3.63, 3.8) is 0 Å². The molecule has 1 amide bonds. The number of methoxy groups -OCH3 is 2. The number of amides is 1. The lowest BCUT2D eigenvalue weighted by Gasteiger charge is -2.18. The first kappa shape index (κ1) is 20.3. The van der Waals surface area contributed by atoms with Gasteiger partial charge in [-0.25, -0.2) is 0 Å². The molecule has 1 atom stereocenters. The summed E-state index contributed by atoms with van der Waals surface area (Å²) in [7, 11) is 3.20. The van der Waals surface area contributed by atoms with E-state index < -0.39 is 0 Å². The van der Waals surface area contributed by atoms with Gasteiger partial charge in [-0.15, -0.1) is 0 Å². The quantitative estimate of drug-likeness (QED) is 0.608. The summed E-state index contributed by atoms with van der Waals surface area (Å²) in [6, 6.07) is 23.0. The van der Waals surface area contributed by atoms with Gasteiger partial charge in [-0.3, -0.25) is 4.79 Å². The molecule has 5 nitrogen and oxygen atoms in total. The predicted molar refractivity (Wildman–Crippen MR) is 113 cm³/mol. The Labute approximate surface area is 171 Å². The highest BCUT2D eigenvalue weighted by molar-refractivity contribution is 5.78. The van der Waals surface area contributed by atoms with E-state index >= 15 is 0 Å². The largest absolute Gasteiger partial charge is 0.497 e. The third-order valence-electron chi connectivity index (χ3n) is 4.61. The second-order valence-electron chi connectivity index (χ2n) is 6.58. The van der Waals surface area contributed by atoms with E-state index in [0.29, 0.717) is 17.2 Å². The highest BCUT2D eigenvalue weighted by Crippen LogP contribution is 2.29. The van der Waals surface area contributed by atoms with Crippen LogP contribution in [0.3, 0.4) is 0 Å². The fraction of sp³-hybridized carbons (Fsp3) is 0.208. The van der Waals surface area contributed by atoms with E-state index in [1.807, 2.05) is 67.6 Å². The van der Waals surface area contributed by atoms with Gasteiger partial charge in [0.2, 0.25) is 0 Å². The summed E-state index contributed by atoms with van der Waals surface area (Å²) in [4.78, 5) is 12.3. The molecule has 3 rings (SSSR count). The average Bonchev–Trinajstić information content (AvgIpc) is 2.78. The second-order valence-corrected chi connectivity index (χ2v) is 6.58. The summed E-state index contributed by atoms with van der Waals surface area (Å²) in [5, 5.41) is 2.93. The van der Waals surface area contributed by atoms with E-state index in [-0.39, 0.29) is 18.6 Å². The van der Waals surface area contributed by atoms with Crippen LogP contribution in [0.5, 0.6) is 17.2 Å². The Kier molecular flexibility index (Phi) is 6.74. The lowest BCUT2D eigenvalue weighted by molar-refractivity contribution is -0.123. The molecular formula is C24H25NO4. The maximum Gasteiger partial charge on any atom is 0.258 e. The zero-order chi connectivity index (χ0) is 20.6. The molecule has 0 aromatic heterocycles. The normalized spacial score (nSPS) is 11.4. The molecule has 0 saturated heterocycles. The van der Waals surface area contributed by atoms with Crippen LogP contribution >= 0.6 is 0 Å². The Morgan fingerprint density at radius 3 is 2.17 bits per heavy atom. The van der Waals surface area contributed by atoms with Gasteiger partial charge in [0.05, 0.1) is 20.3 Å². The van der Waals surface area contributed by atoms with Crippen molar-refractivity contribution in [2.24, 2.45) is 0 Å². The van der Waals surface area contributed by atoms with Crippen molar-refractivity contribution in [1.82, 2.24) is 5.32 Å². The van der Waals surface area contributed by atoms with Crippen LogP contribution in [0.1, 0.15) is 18.5 Å². The summed E-state index contributed by atoms with van der Waals surface area (Å²) in [6.45, 7) is 1.82. The molecular weight excluding hydrogens is 366 g/mol. The van der Waals surface area contributed by atoms with Crippen LogP contribution in [-0.2, 0) is 4.79 Å². The van der Waals surface area contributed by atoms with Gasteiger partial charge in [0.25, 0.3) is 5.91 Å². The van der Waals surface area contributed by atoms with E-state index in [1.165, 1.54) is 0 Å². The summed E-state index contributed by atoms with van der Waals surface area (Å²) >= 11 is 0. The van der Waals surface area contributed by atoms with Gasteiger partial charge in [0.15, 0.2) is 6.61 Å². The van der Waals surface area contributed by atoms with Crippen molar-refractivity contribution >= 4 is 5.91 Å². The van der Waals surface area contributed by atoms with Crippen LogP contribution < -0.4 is 19.5 Å². The smallest absolute Gasteiger partial charge is 0.258 e. The third-order valence-corrected chi connectivity index (χ3v) is 4.61. The zero-order valence-corrected chi connectivity index (χ0v) is 16.8. The van der Waals surface area contributed by atoms with Crippen LogP contribution in [0.15, 0.2) is 72.8 Å². The second kappa shape index (κ2) is 9.64. The van der Waals surface area contributed by atoms with E-state index in [2.05, 4.69) is 17.4 Å². The maximum atomic E-state index is 12.3. The van der Waals surface area contributed by atoms with Crippen LogP contribution in [0.2, 0.25) is 0 Å². The number of benzene rings is 3. The zero-order valence-electron chi connectivity index (χ0n) is 16.8. The van der Waals surface area contributed by atoms with Crippen molar-refractivity contribution in [2.75, 3.05) is 20.8 Å². The first-order valence-electron chi connectivity index (χ1n) is 9.40. The van der Waals surface area contributed by atoms with Crippen molar-refractivity contribution in [3.8, 4) is 28.4 Å². The first-order valence-corrected chi connectivity index (χ1v) is 9.40. The lowest BCUT2D eigenvalue weighted by atomic mass is 10.1. The first-order chi connectivity index (χ1) is 14.1. The van der Waals surface area contributed by atoms with E-state index in [1.54, 1.807) is 14.2 Å². The van der Waals surface area contributed by atoms with Gasteiger partial charge in [-0.2, -0.15) is 0 Å². The summed E-state index contributed by atoms with van der Waals surface area (Å²) < 4.78 is 16.3. The molecule has 150 valence electrons. The Hall–Kier alpha value is -3.47. The summed E-state index contributed by atoms with van der Waals surface area (Å²) in [5.41, 5.74) is 3.08. The molecule has 0 saturated carbocycles. The molecule has 29 heavy (non-hydrogen) atoms. The highest BCUT2D eigenvalue weighted by atomic mass is 16.5. The molecule has 1 N–H and O–H groups in total. The monoisotopic (exact) mass is 391 g/mol. The Morgan fingerprint density at radius 2 is 1.52 bits per heavy atom. The van der Waals surface area contributed by atoms with Crippen molar-refractivity contribution in [2.45, 2.75) is 13.0 Å². The van der Waals surface area contributed by atoms with Gasteiger partial charge in [0.1, 0.15) is 17.2 Å². The topological polar surface area (TPSA) is 56.8 Å². The highest BCUT2D eigenvalue weighted by Gasteiger charge is 2.15. The molecule has 0 aliphatic carbocycles. The molecule has 0 spiro atoms. The number of carbonyl (C=O) groups excluding carboxylic acids is 1. The lowest BCUT2D eigenvalue weighted by Crippen LogP contribution is -2.31. The maximum absolute atomic E-state index is 12.3. The molecule has 0 aliphatic heterocycles. The number of ether oxygens (including phenoxy) is 3. The standard InChI is InChI=1S/C24H25NO4/c1-17(22-15-21(27-2)13-14-23(22)28-3)25-24(26)16-29-20-11-9-19(10-12-20)18-7-5-4-6-8-18/h4-15,17H,16H2,1-3H3,(H,25,26)/t17-/m0/s1. The molecule has 0 unspecified atom stereocenters. The predicted octanol–water partition coefficient (Wildman–Crippen LogP) is 4.63. The van der Waals surface area contributed by atoms with Gasteiger partial charge < -0.3 is 19.5 Å². The van der Waals surface area contributed by atoms with Gasteiger partial charge >= 0.3 is 0 Å². The molecule has 0 bridgehead atoms. The molecule has 0 radical (unpaired) electrons. The minimum Gasteiger partial charge on any atom is -0.497 e. The molecule has 0 heterocycles. The van der Waals surface area contributed by atoms with Crippen LogP contribution in [0.25, 0.3) is 11.1 Å². The molecule has 0 fully saturated rings. The minimum atomic E-state index is -0.253. The number of carbonyl (C=O) groups is 1. The van der Waals surface area contributed by atoms with E-state index in [9.17, 15) is 4.79 Å². The number of hydrogen-bond donors (Lipinski definition) is 1. The van der Waals surface area contributed by atoms with Crippen molar-refractivity contribution in [1.29, 1.82) is 0 Å². The van der Waals surface area contributed by atoms with Crippen molar-refractivity contribution in [3.05, 3.63) is 78.4 Å². The number of nitrogens with one attached hydrogen (secondary N) is 1. The van der Waals surface area contributed by atoms with E-state index in [0.717, 1.165) is 16.7 Å². The molecule has 3 aromatic carbocycles. The minimum absolute atomic E-state index is 0.0681. The fourth-order valence-corrected chi connectivity index (χ4v) is 3.06.